The predicted octanol–water partition coefficient (Wildman–Crippen LogP) is 0.199. The molecule has 6 nitrogen and oxygen atoms in total. The van der Waals surface area contributed by atoms with Crippen LogP contribution < -0.4 is 0 Å². The first kappa shape index (κ1) is 18.3. The highest BCUT2D eigenvalue weighted by Gasteiger charge is 2.18. The van der Waals surface area contributed by atoms with Crippen LogP contribution in [0.25, 0.3) is 0 Å². The van der Waals surface area contributed by atoms with Crippen molar-refractivity contribution in [2.45, 2.75) is 19.8 Å². The van der Waals surface area contributed by atoms with Gasteiger partial charge in [-0.25, -0.2) is 0 Å². The fourth-order valence-electron chi connectivity index (χ4n) is 2.05. The van der Waals surface area contributed by atoms with Crippen LogP contribution in [0.15, 0.2) is 0 Å². The zero-order valence-corrected chi connectivity index (χ0v) is 13.6. The quantitative estimate of drug-likeness (QED) is 0.658. The Bertz CT molecular complexity index is 322. The Morgan fingerprint density at radius 1 is 1.24 bits per heavy atom. The van der Waals surface area contributed by atoms with E-state index in [1.165, 1.54) is 11.8 Å². The van der Waals surface area contributed by atoms with Crippen molar-refractivity contribution in [2.75, 3.05) is 57.5 Å². The zero-order chi connectivity index (χ0) is 15.5. The van der Waals surface area contributed by atoms with Gasteiger partial charge in [0.05, 0.1) is 31.3 Å². The smallest absolute Gasteiger partial charge is 0.232 e. The molecule has 0 aliphatic carbocycles. The summed E-state index contributed by atoms with van der Waals surface area (Å²) in [6.07, 6.45) is 1.95. The number of rotatable bonds is 9. The molecular weight excluding hydrogens is 292 g/mol. The molecule has 0 atom stereocenters. The largest absolute Gasteiger partial charge is 0.395 e. The molecule has 1 aliphatic rings. The second kappa shape index (κ2) is 10.9. The maximum absolute atomic E-state index is 12.0. The number of ether oxygens (including phenoxy) is 1. The van der Waals surface area contributed by atoms with Crippen LogP contribution in [-0.2, 0) is 14.3 Å². The summed E-state index contributed by atoms with van der Waals surface area (Å²) in [6, 6.07) is 0. The molecule has 1 aliphatic heterocycles. The Morgan fingerprint density at radius 2 is 1.95 bits per heavy atom. The van der Waals surface area contributed by atoms with Gasteiger partial charge in [-0.05, 0) is 6.42 Å². The van der Waals surface area contributed by atoms with Crippen LogP contribution in [0.5, 0.6) is 0 Å². The van der Waals surface area contributed by atoms with E-state index >= 15 is 0 Å². The highest BCUT2D eigenvalue weighted by molar-refractivity contribution is 8.00. The maximum Gasteiger partial charge on any atom is 0.232 e. The lowest BCUT2D eigenvalue weighted by Crippen LogP contribution is -2.42. The summed E-state index contributed by atoms with van der Waals surface area (Å²) < 4.78 is 5.20. The van der Waals surface area contributed by atoms with Crippen molar-refractivity contribution in [1.29, 1.82) is 0 Å². The minimum atomic E-state index is -0.0210. The SMILES string of the molecule is CCCCN(CCO)C(=O)CSCC(=O)N1CCOCC1. The van der Waals surface area contributed by atoms with Gasteiger partial charge in [-0.3, -0.25) is 9.59 Å². The average molecular weight is 318 g/mol. The van der Waals surface area contributed by atoms with Crippen LogP contribution in [0.3, 0.4) is 0 Å². The lowest BCUT2D eigenvalue weighted by Gasteiger charge is -2.27. The molecule has 0 aromatic carbocycles. The molecule has 0 unspecified atom stereocenters. The van der Waals surface area contributed by atoms with Crippen molar-refractivity contribution in [3.8, 4) is 0 Å². The van der Waals surface area contributed by atoms with Crippen molar-refractivity contribution in [1.82, 2.24) is 9.80 Å². The third kappa shape index (κ3) is 7.15. The van der Waals surface area contributed by atoms with Crippen molar-refractivity contribution < 1.29 is 19.4 Å². The van der Waals surface area contributed by atoms with Crippen LogP contribution in [-0.4, -0.2) is 84.2 Å². The fraction of sp³-hybridized carbons (Fsp3) is 0.857. The Morgan fingerprint density at radius 3 is 2.57 bits per heavy atom. The maximum atomic E-state index is 12.0. The molecule has 1 fully saturated rings. The number of carbonyl (C=O) groups is 2. The van der Waals surface area contributed by atoms with Crippen molar-refractivity contribution in [2.24, 2.45) is 0 Å². The second-order valence-corrected chi connectivity index (χ2v) is 5.93. The van der Waals surface area contributed by atoms with E-state index in [0.717, 1.165) is 12.8 Å². The van der Waals surface area contributed by atoms with Gasteiger partial charge in [-0.2, -0.15) is 0 Å². The van der Waals surface area contributed by atoms with Crippen LogP contribution in [0.2, 0.25) is 0 Å². The third-order valence-electron chi connectivity index (χ3n) is 3.32. The van der Waals surface area contributed by atoms with E-state index in [1.807, 2.05) is 0 Å². The summed E-state index contributed by atoms with van der Waals surface area (Å²) >= 11 is 1.35. The highest BCUT2D eigenvalue weighted by atomic mass is 32.2. The van der Waals surface area contributed by atoms with Gasteiger partial charge in [0.1, 0.15) is 0 Å². The summed E-state index contributed by atoms with van der Waals surface area (Å²) in [4.78, 5) is 27.4. The van der Waals surface area contributed by atoms with Gasteiger partial charge in [0.2, 0.25) is 11.8 Å². The van der Waals surface area contributed by atoms with Crippen LogP contribution in [0.1, 0.15) is 19.8 Å². The number of hydrogen-bond acceptors (Lipinski definition) is 5. The number of hydrogen-bond donors (Lipinski definition) is 1. The van der Waals surface area contributed by atoms with E-state index in [9.17, 15) is 9.59 Å². The first-order chi connectivity index (χ1) is 10.2. The molecule has 1 saturated heterocycles. The van der Waals surface area contributed by atoms with Gasteiger partial charge in [-0.1, -0.05) is 13.3 Å². The summed E-state index contributed by atoms with van der Waals surface area (Å²) in [6.45, 7) is 5.56. The molecule has 0 aromatic heterocycles. The Kier molecular flexibility index (Phi) is 9.45. The molecule has 0 saturated carbocycles. The topological polar surface area (TPSA) is 70.1 Å². The van der Waals surface area contributed by atoms with E-state index in [4.69, 9.17) is 9.84 Å². The van der Waals surface area contributed by atoms with Gasteiger partial charge in [-0.15, -0.1) is 11.8 Å². The normalized spacial score (nSPS) is 15.0. The lowest BCUT2D eigenvalue weighted by atomic mass is 10.3. The molecule has 122 valence electrons. The third-order valence-corrected chi connectivity index (χ3v) is 4.22. The standard InChI is InChI=1S/C14H26N2O4S/c1-2-3-4-15(5-8-17)13(18)11-21-12-14(19)16-6-9-20-10-7-16/h17H,2-12H2,1H3. The van der Waals surface area contributed by atoms with E-state index in [-0.39, 0.29) is 18.4 Å². The monoisotopic (exact) mass is 318 g/mol. The second-order valence-electron chi connectivity index (χ2n) is 4.94. The molecule has 0 aromatic rings. The van der Waals surface area contributed by atoms with E-state index in [2.05, 4.69) is 6.92 Å². The molecule has 2 amide bonds. The number of morpholine rings is 1. The van der Waals surface area contributed by atoms with Crippen molar-refractivity contribution in [3.05, 3.63) is 0 Å². The molecule has 1 N–H and O–H groups in total. The highest BCUT2D eigenvalue weighted by Crippen LogP contribution is 2.07. The first-order valence-corrected chi connectivity index (χ1v) is 8.66. The summed E-state index contributed by atoms with van der Waals surface area (Å²) in [5, 5.41) is 9.00. The van der Waals surface area contributed by atoms with Gasteiger partial charge in [0.25, 0.3) is 0 Å². The average Bonchev–Trinajstić information content (AvgIpc) is 2.52. The molecule has 1 rings (SSSR count). The number of amides is 2. The number of thioether (sulfide) groups is 1. The van der Waals surface area contributed by atoms with Gasteiger partial charge in [0, 0.05) is 26.2 Å². The number of carbonyl (C=O) groups excluding carboxylic acids is 2. The van der Waals surface area contributed by atoms with Crippen LogP contribution >= 0.6 is 11.8 Å². The number of aliphatic hydroxyl groups is 1. The molecular formula is C14H26N2O4S. The molecule has 0 bridgehead atoms. The van der Waals surface area contributed by atoms with Gasteiger partial charge in [0.15, 0.2) is 0 Å². The molecule has 7 heteroatoms. The van der Waals surface area contributed by atoms with E-state index in [1.54, 1.807) is 9.80 Å². The molecule has 0 radical (unpaired) electrons. The summed E-state index contributed by atoms with van der Waals surface area (Å²) in [5.74, 6) is 0.683. The van der Waals surface area contributed by atoms with Gasteiger partial charge < -0.3 is 19.6 Å². The Hall–Kier alpha value is -0.790. The number of nitrogens with zero attached hydrogens (tertiary/aromatic N) is 2. The van der Waals surface area contributed by atoms with Crippen LogP contribution in [0, 0.1) is 0 Å². The van der Waals surface area contributed by atoms with Crippen molar-refractivity contribution >= 4 is 23.6 Å². The minimum absolute atomic E-state index is 0.00252. The number of unbranched alkanes of at least 4 members (excludes halogenated alkanes) is 1. The first-order valence-electron chi connectivity index (χ1n) is 7.51. The summed E-state index contributed by atoms with van der Waals surface area (Å²) in [5.41, 5.74) is 0. The van der Waals surface area contributed by atoms with E-state index < -0.39 is 0 Å². The zero-order valence-electron chi connectivity index (χ0n) is 12.8. The van der Waals surface area contributed by atoms with Gasteiger partial charge >= 0.3 is 0 Å². The lowest BCUT2D eigenvalue weighted by molar-refractivity contribution is -0.132. The van der Waals surface area contributed by atoms with Crippen LogP contribution in [0.4, 0.5) is 0 Å². The molecule has 21 heavy (non-hydrogen) atoms. The Balaban J connectivity index is 2.25. The predicted molar refractivity (Wildman–Crippen MR) is 83.3 cm³/mol. The minimum Gasteiger partial charge on any atom is -0.395 e. The number of aliphatic hydroxyl groups excluding tert-OH is 1. The summed E-state index contributed by atoms with van der Waals surface area (Å²) in [7, 11) is 0. The fourth-order valence-corrected chi connectivity index (χ4v) is 2.87. The van der Waals surface area contributed by atoms with Crippen molar-refractivity contribution in [3.63, 3.8) is 0 Å². The molecule has 1 heterocycles. The molecule has 0 spiro atoms. The Labute approximate surface area is 130 Å². The van der Waals surface area contributed by atoms with E-state index in [0.29, 0.717) is 50.9 Å².